The summed E-state index contributed by atoms with van der Waals surface area (Å²) < 4.78 is 0. The predicted molar refractivity (Wildman–Crippen MR) is 221 cm³/mol. The number of likely N-dealkylation sites (N-methyl/N-ethyl adjacent to an activating group) is 5. The number of amides is 6. The van der Waals surface area contributed by atoms with Crippen LogP contribution in [0, 0.1) is 28.9 Å². The van der Waals surface area contributed by atoms with E-state index in [-0.39, 0.29) is 48.8 Å². The number of hydroxylamine groups is 1. The Labute approximate surface area is 342 Å². The lowest BCUT2D eigenvalue weighted by Crippen LogP contribution is -3.19. The van der Waals surface area contributed by atoms with Gasteiger partial charge in [0.25, 0.3) is 0 Å². The highest BCUT2D eigenvalue weighted by atomic mass is 16.6. The molecule has 0 heterocycles. The van der Waals surface area contributed by atoms with Crippen LogP contribution in [0.25, 0.3) is 0 Å². The van der Waals surface area contributed by atoms with Gasteiger partial charge in [-0.3, -0.25) is 44.1 Å². The summed E-state index contributed by atoms with van der Waals surface area (Å²) in [5.74, 6) is -3.18. The molecule has 17 heteroatoms. The molecular formula is C40H77N9O8. The summed E-state index contributed by atoms with van der Waals surface area (Å²) in [6.45, 7) is 21.5. The third-order valence-corrected chi connectivity index (χ3v) is 10.3. The standard InChI is InChI=1S/C40H77N9O8/c1-18-19-33(51)45(14)29(11)38(55)47(16)40(23-50,22-26(6)7)44-34(27(8)9)39(56)46(15)31(20-24(2)3)37(54)42-28(10)35(52)43-30(12)49(57)48(17)32(21-25(4)5)36(53)41-13/h23-32,34,44,49H,18-22H2,1-17H3,(H,41,53)(H,42,54)(H,43,52)/t28-,29+,30+,31?,32-,34-,40+/m0/s1. The number of carbonyl (C=O) groups is 7. The molecule has 5 N–H and O–H groups in total. The number of hydrogen-bond donors (Lipinski definition) is 5. The van der Waals surface area contributed by atoms with Crippen LogP contribution in [0.3, 0.4) is 0 Å². The summed E-state index contributed by atoms with van der Waals surface area (Å²) in [7, 11) is 7.52. The molecular weight excluding hydrogens is 734 g/mol. The van der Waals surface area contributed by atoms with Crippen molar-refractivity contribution in [3.63, 3.8) is 0 Å². The molecule has 0 rings (SSSR count). The van der Waals surface area contributed by atoms with Gasteiger partial charge in [-0.1, -0.05) is 62.3 Å². The average Bonchev–Trinajstić information content (AvgIpc) is 3.14. The maximum atomic E-state index is 14.4. The second kappa shape index (κ2) is 24.3. The number of nitrogens with one attached hydrogen (secondary N) is 5. The van der Waals surface area contributed by atoms with Crippen molar-refractivity contribution in [2.24, 2.45) is 23.7 Å². The molecule has 0 aromatic carbocycles. The first-order chi connectivity index (χ1) is 26.2. The van der Waals surface area contributed by atoms with Crippen molar-refractivity contribution in [2.75, 3.05) is 35.2 Å². The van der Waals surface area contributed by atoms with Crippen LogP contribution in [0.2, 0.25) is 0 Å². The van der Waals surface area contributed by atoms with Gasteiger partial charge >= 0.3 is 0 Å². The van der Waals surface area contributed by atoms with Crippen LogP contribution in [0.4, 0.5) is 0 Å². The highest BCUT2D eigenvalue weighted by Crippen LogP contribution is 2.25. The summed E-state index contributed by atoms with van der Waals surface area (Å²) >= 11 is 0. The quantitative estimate of drug-likeness (QED) is 0.0500. The van der Waals surface area contributed by atoms with Crippen molar-refractivity contribution in [2.45, 2.75) is 157 Å². The Morgan fingerprint density at radius 1 is 0.719 bits per heavy atom. The van der Waals surface area contributed by atoms with Crippen molar-refractivity contribution >= 4 is 41.7 Å². The number of quaternary nitrogens is 1. The van der Waals surface area contributed by atoms with Crippen molar-refractivity contribution < 1.29 is 38.7 Å². The lowest BCUT2D eigenvalue weighted by atomic mass is 9.92. The van der Waals surface area contributed by atoms with E-state index < -0.39 is 76.8 Å². The second-order valence-electron chi connectivity index (χ2n) is 17.1. The second-order valence-corrected chi connectivity index (χ2v) is 17.1. The zero-order chi connectivity index (χ0) is 44.7. The maximum Gasteiger partial charge on any atom is 0.246 e. The first-order valence-electron chi connectivity index (χ1n) is 20.4. The summed E-state index contributed by atoms with van der Waals surface area (Å²) in [6.07, 6.45) is 1.31. The van der Waals surface area contributed by atoms with Gasteiger partial charge < -0.3 is 35.9 Å². The smallest absolute Gasteiger partial charge is 0.246 e. The van der Waals surface area contributed by atoms with E-state index in [1.54, 1.807) is 27.8 Å². The van der Waals surface area contributed by atoms with E-state index in [4.69, 9.17) is 0 Å². The van der Waals surface area contributed by atoms with E-state index in [1.807, 2.05) is 48.5 Å². The third kappa shape index (κ3) is 15.5. The number of hydrogen-bond acceptors (Lipinski definition) is 10. The van der Waals surface area contributed by atoms with Gasteiger partial charge in [0, 0.05) is 48.6 Å². The Morgan fingerprint density at radius 3 is 1.68 bits per heavy atom. The molecule has 17 nitrogen and oxygen atoms in total. The molecule has 0 saturated heterocycles. The van der Waals surface area contributed by atoms with Gasteiger partial charge in [0.2, 0.25) is 35.4 Å². The molecule has 0 aliphatic rings. The molecule has 0 bridgehead atoms. The lowest BCUT2D eigenvalue weighted by molar-refractivity contribution is -0.994. The van der Waals surface area contributed by atoms with Crippen molar-refractivity contribution in [1.29, 1.82) is 0 Å². The van der Waals surface area contributed by atoms with Crippen molar-refractivity contribution in [3.8, 4) is 0 Å². The molecule has 0 aliphatic carbocycles. The molecule has 6 amide bonds. The minimum absolute atomic E-state index is 0.0504. The molecule has 330 valence electrons. The topological polar surface area (TPSA) is 208 Å². The highest BCUT2D eigenvalue weighted by molar-refractivity contribution is 5.94. The lowest BCUT2D eigenvalue weighted by Gasteiger charge is -2.45. The SMILES string of the molecule is CCCC(=O)N(C)[C@H](C)C(=O)N(C)[C@@](C=O)(CC(C)C)N[C@H](C(=O)N(C)C(CC(C)C)C(=O)N[C@@H](C)C(=O)N[C@@H](C)[NH+]([O-])N(C)[C@@H](CC(C)C)C(=O)NC)C(C)C. The van der Waals surface area contributed by atoms with E-state index in [2.05, 4.69) is 21.3 Å². The highest BCUT2D eigenvalue weighted by Gasteiger charge is 2.45. The first kappa shape index (κ1) is 53.3. The number of carbonyl (C=O) groups excluding carboxylic acids is 7. The van der Waals surface area contributed by atoms with E-state index >= 15 is 0 Å². The van der Waals surface area contributed by atoms with E-state index in [0.717, 1.165) is 0 Å². The Hall–Kier alpha value is -3.67. The molecule has 0 aliphatic heterocycles. The largest absolute Gasteiger partial charge is 0.611 e. The molecule has 57 heavy (non-hydrogen) atoms. The van der Waals surface area contributed by atoms with Crippen LogP contribution in [0.1, 0.15) is 115 Å². The Kier molecular flexibility index (Phi) is 22.7. The van der Waals surface area contributed by atoms with Crippen LogP contribution in [-0.2, 0) is 33.6 Å². The van der Waals surface area contributed by atoms with Crippen LogP contribution in [0.15, 0.2) is 0 Å². The van der Waals surface area contributed by atoms with Crippen molar-refractivity contribution in [1.82, 2.24) is 41.0 Å². The normalized spacial score (nSPS) is 16.5. The van der Waals surface area contributed by atoms with Gasteiger partial charge in [-0.25, -0.2) is 0 Å². The minimum Gasteiger partial charge on any atom is -0.611 e. The molecule has 0 radical (unpaired) electrons. The first-order valence-corrected chi connectivity index (χ1v) is 20.4. The number of aldehydes is 1. The molecule has 0 spiro atoms. The molecule has 0 aromatic heterocycles. The van der Waals surface area contributed by atoms with Crippen LogP contribution >= 0.6 is 0 Å². The van der Waals surface area contributed by atoms with Gasteiger partial charge in [0.15, 0.2) is 18.1 Å². The third-order valence-electron chi connectivity index (χ3n) is 10.3. The Balaban J connectivity index is 6.41. The molecule has 0 fully saturated rings. The van der Waals surface area contributed by atoms with Crippen LogP contribution in [0.5, 0.6) is 0 Å². The van der Waals surface area contributed by atoms with Gasteiger partial charge in [-0.2, -0.15) is 0 Å². The number of rotatable bonds is 25. The van der Waals surface area contributed by atoms with Gasteiger partial charge in [0.05, 0.1) is 6.04 Å². The number of nitrogens with zero attached hydrogens (tertiary/aromatic N) is 4. The fourth-order valence-corrected chi connectivity index (χ4v) is 6.66. The van der Waals surface area contributed by atoms with Crippen molar-refractivity contribution in [3.05, 3.63) is 5.21 Å². The van der Waals surface area contributed by atoms with Gasteiger partial charge in [0.1, 0.15) is 24.2 Å². The Morgan fingerprint density at radius 2 is 1.25 bits per heavy atom. The van der Waals surface area contributed by atoms with Crippen LogP contribution < -0.4 is 26.4 Å². The zero-order valence-electron chi connectivity index (χ0n) is 37.9. The van der Waals surface area contributed by atoms with E-state index in [0.29, 0.717) is 19.1 Å². The minimum atomic E-state index is -1.64. The van der Waals surface area contributed by atoms with E-state index in [1.165, 1.54) is 61.7 Å². The fourth-order valence-electron chi connectivity index (χ4n) is 6.66. The average molecular weight is 812 g/mol. The molecule has 2 unspecified atom stereocenters. The van der Waals surface area contributed by atoms with E-state index in [9.17, 15) is 38.8 Å². The predicted octanol–water partition coefficient (Wildman–Crippen LogP) is 0.878. The van der Waals surface area contributed by atoms with Gasteiger partial charge in [-0.15, -0.1) is 5.01 Å². The van der Waals surface area contributed by atoms with Gasteiger partial charge in [-0.05, 0) is 63.2 Å². The maximum absolute atomic E-state index is 14.4. The summed E-state index contributed by atoms with van der Waals surface area (Å²) in [6, 6.07) is -4.78. The monoisotopic (exact) mass is 812 g/mol. The Bertz CT molecular complexity index is 1350. The fraction of sp³-hybridized carbons (Fsp3) is 0.825. The molecule has 8 atom stereocenters. The molecule has 0 saturated carbocycles. The summed E-state index contributed by atoms with van der Waals surface area (Å²) in [4.78, 5) is 97.8. The summed E-state index contributed by atoms with van der Waals surface area (Å²) in [5, 5.41) is 25.3. The zero-order valence-corrected chi connectivity index (χ0v) is 37.9. The van der Waals surface area contributed by atoms with Crippen LogP contribution in [-0.4, -0.2) is 139 Å². The molecule has 0 aromatic rings. The summed E-state index contributed by atoms with van der Waals surface area (Å²) in [5.41, 5.74) is -1.64.